The number of hydrogen-bond acceptors (Lipinski definition) is 5. The second kappa shape index (κ2) is 7.33. The lowest BCUT2D eigenvalue weighted by molar-refractivity contribution is 0.00587. The number of para-hydroxylation sites is 1. The van der Waals surface area contributed by atoms with Gasteiger partial charge in [0, 0.05) is 18.6 Å². The molecule has 0 amide bonds. The molecule has 0 aliphatic carbocycles. The molecule has 0 bridgehead atoms. The average Bonchev–Trinajstić information content (AvgIpc) is 2.47. The second-order valence-electron chi connectivity index (χ2n) is 4.53. The van der Waals surface area contributed by atoms with Gasteiger partial charge in [-0.3, -0.25) is 0 Å². The van der Waals surface area contributed by atoms with Crippen LogP contribution in [0.25, 0.3) is 0 Å². The van der Waals surface area contributed by atoms with E-state index in [2.05, 4.69) is 4.84 Å². The predicted molar refractivity (Wildman–Crippen MR) is 71.3 cm³/mol. The molecule has 1 aliphatic heterocycles. The van der Waals surface area contributed by atoms with Gasteiger partial charge in [0.15, 0.2) is 11.5 Å². The first-order valence-corrected chi connectivity index (χ1v) is 6.57. The fourth-order valence-corrected chi connectivity index (χ4v) is 2.19. The molecule has 0 spiro atoms. The van der Waals surface area contributed by atoms with E-state index in [-0.39, 0.29) is 6.10 Å². The lowest BCUT2D eigenvalue weighted by atomic mass is 10.1. The van der Waals surface area contributed by atoms with Crippen LogP contribution in [0.1, 0.15) is 18.4 Å². The quantitative estimate of drug-likeness (QED) is 0.795. The minimum atomic E-state index is 0.0857. The molecule has 1 aromatic carbocycles. The maximum absolute atomic E-state index is 6.06. The zero-order valence-electron chi connectivity index (χ0n) is 11.3. The van der Waals surface area contributed by atoms with E-state index in [0.717, 1.165) is 36.5 Å². The van der Waals surface area contributed by atoms with Crippen LogP contribution in [0.5, 0.6) is 11.5 Å². The number of rotatable bonds is 6. The molecule has 1 aliphatic rings. The molecule has 2 N–H and O–H groups in total. The zero-order valence-corrected chi connectivity index (χ0v) is 11.3. The van der Waals surface area contributed by atoms with Crippen molar-refractivity contribution < 1.29 is 19.0 Å². The summed E-state index contributed by atoms with van der Waals surface area (Å²) in [5, 5.41) is 0. The van der Waals surface area contributed by atoms with Gasteiger partial charge in [0.25, 0.3) is 0 Å². The molecule has 5 nitrogen and oxygen atoms in total. The first-order valence-electron chi connectivity index (χ1n) is 6.57. The van der Waals surface area contributed by atoms with Gasteiger partial charge in [-0.2, -0.15) is 0 Å². The van der Waals surface area contributed by atoms with Crippen molar-refractivity contribution >= 4 is 0 Å². The molecular weight excluding hydrogens is 246 g/mol. The Kier molecular flexibility index (Phi) is 5.44. The van der Waals surface area contributed by atoms with Crippen LogP contribution in [0.4, 0.5) is 0 Å². The van der Waals surface area contributed by atoms with Gasteiger partial charge in [0.2, 0.25) is 0 Å². The molecule has 1 atom stereocenters. The molecule has 0 aromatic heterocycles. The van der Waals surface area contributed by atoms with E-state index in [1.807, 2.05) is 18.2 Å². The van der Waals surface area contributed by atoms with Crippen molar-refractivity contribution in [1.29, 1.82) is 0 Å². The Hall–Kier alpha value is -1.30. The molecule has 1 aromatic rings. The topological polar surface area (TPSA) is 62.9 Å². The highest BCUT2D eigenvalue weighted by molar-refractivity contribution is 5.47. The van der Waals surface area contributed by atoms with Crippen LogP contribution in [0.2, 0.25) is 0 Å². The van der Waals surface area contributed by atoms with Crippen LogP contribution < -0.4 is 15.4 Å². The lowest BCUT2D eigenvalue weighted by Crippen LogP contribution is -2.28. The summed E-state index contributed by atoms with van der Waals surface area (Å²) in [6.07, 6.45) is 2.81. The van der Waals surface area contributed by atoms with Crippen molar-refractivity contribution in [2.45, 2.75) is 25.4 Å². The van der Waals surface area contributed by atoms with Crippen molar-refractivity contribution in [2.75, 3.05) is 26.9 Å². The van der Waals surface area contributed by atoms with Crippen LogP contribution in [0, 0.1) is 0 Å². The minimum Gasteiger partial charge on any atom is -0.493 e. The molecule has 1 fully saturated rings. The molecule has 0 radical (unpaired) electrons. The molecular formula is C14H21NO4. The highest BCUT2D eigenvalue weighted by atomic mass is 16.6. The van der Waals surface area contributed by atoms with Gasteiger partial charge >= 0.3 is 0 Å². The van der Waals surface area contributed by atoms with Gasteiger partial charge in [-0.05, 0) is 18.9 Å². The van der Waals surface area contributed by atoms with Gasteiger partial charge in [0.05, 0.1) is 20.3 Å². The SMILES string of the molecule is COc1cccc(CCON)c1OC1CCCOC1. The van der Waals surface area contributed by atoms with Crippen LogP contribution in [-0.2, 0) is 16.0 Å². The van der Waals surface area contributed by atoms with E-state index < -0.39 is 0 Å². The van der Waals surface area contributed by atoms with E-state index in [1.165, 1.54) is 0 Å². The summed E-state index contributed by atoms with van der Waals surface area (Å²) in [5.74, 6) is 6.60. The summed E-state index contributed by atoms with van der Waals surface area (Å²) in [4.78, 5) is 4.64. The Balaban J connectivity index is 2.14. The summed E-state index contributed by atoms with van der Waals surface area (Å²) in [5.41, 5.74) is 1.04. The first kappa shape index (κ1) is 14.1. The molecule has 106 valence electrons. The second-order valence-corrected chi connectivity index (χ2v) is 4.53. The maximum atomic E-state index is 6.06. The first-order chi connectivity index (χ1) is 9.35. The summed E-state index contributed by atoms with van der Waals surface area (Å²) in [6, 6.07) is 5.83. The van der Waals surface area contributed by atoms with E-state index in [1.54, 1.807) is 7.11 Å². The number of methoxy groups -OCH3 is 1. The number of ether oxygens (including phenoxy) is 3. The maximum Gasteiger partial charge on any atom is 0.164 e. The summed E-state index contributed by atoms with van der Waals surface area (Å²) in [7, 11) is 1.64. The Morgan fingerprint density at radius 1 is 1.42 bits per heavy atom. The Morgan fingerprint density at radius 2 is 2.32 bits per heavy atom. The molecule has 5 heteroatoms. The molecule has 1 saturated heterocycles. The van der Waals surface area contributed by atoms with Crippen LogP contribution in [-0.4, -0.2) is 33.0 Å². The van der Waals surface area contributed by atoms with Crippen molar-refractivity contribution in [3.05, 3.63) is 23.8 Å². The third-order valence-electron chi connectivity index (χ3n) is 3.17. The third kappa shape index (κ3) is 3.83. The van der Waals surface area contributed by atoms with Crippen LogP contribution in [0.15, 0.2) is 18.2 Å². The number of benzene rings is 1. The fraction of sp³-hybridized carbons (Fsp3) is 0.571. The van der Waals surface area contributed by atoms with E-state index >= 15 is 0 Å². The summed E-state index contributed by atoms with van der Waals surface area (Å²) in [6.45, 7) is 1.90. The molecule has 2 rings (SSSR count). The third-order valence-corrected chi connectivity index (χ3v) is 3.17. The molecule has 1 unspecified atom stereocenters. The number of hydrogen-bond donors (Lipinski definition) is 1. The summed E-state index contributed by atoms with van der Waals surface area (Å²) < 4.78 is 16.9. The van der Waals surface area contributed by atoms with E-state index in [9.17, 15) is 0 Å². The van der Waals surface area contributed by atoms with Gasteiger partial charge in [-0.25, -0.2) is 5.90 Å². The average molecular weight is 267 g/mol. The Labute approximate surface area is 113 Å². The fourth-order valence-electron chi connectivity index (χ4n) is 2.19. The highest BCUT2D eigenvalue weighted by Crippen LogP contribution is 2.33. The molecule has 0 saturated carbocycles. The standard InChI is InChI=1S/C14H21NO4/c1-16-13-6-2-4-11(7-9-18-15)14(13)19-12-5-3-8-17-10-12/h2,4,6,12H,3,5,7-10,15H2,1H3. The highest BCUT2D eigenvalue weighted by Gasteiger charge is 2.19. The van der Waals surface area contributed by atoms with Crippen molar-refractivity contribution in [2.24, 2.45) is 5.90 Å². The van der Waals surface area contributed by atoms with Gasteiger partial charge in [-0.1, -0.05) is 12.1 Å². The van der Waals surface area contributed by atoms with Gasteiger partial charge in [-0.15, -0.1) is 0 Å². The van der Waals surface area contributed by atoms with Crippen molar-refractivity contribution in [3.63, 3.8) is 0 Å². The van der Waals surface area contributed by atoms with Crippen molar-refractivity contribution in [1.82, 2.24) is 0 Å². The minimum absolute atomic E-state index is 0.0857. The van der Waals surface area contributed by atoms with Crippen molar-refractivity contribution in [3.8, 4) is 11.5 Å². The van der Waals surface area contributed by atoms with Gasteiger partial charge in [0.1, 0.15) is 6.10 Å². The lowest BCUT2D eigenvalue weighted by Gasteiger charge is -2.25. The number of nitrogens with two attached hydrogens (primary N) is 1. The molecule has 19 heavy (non-hydrogen) atoms. The Morgan fingerprint density at radius 3 is 3.00 bits per heavy atom. The van der Waals surface area contributed by atoms with Gasteiger partial charge < -0.3 is 19.0 Å². The van der Waals surface area contributed by atoms with E-state index in [0.29, 0.717) is 19.6 Å². The Bertz CT molecular complexity index is 391. The summed E-state index contributed by atoms with van der Waals surface area (Å²) >= 11 is 0. The zero-order chi connectivity index (χ0) is 13.5. The largest absolute Gasteiger partial charge is 0.493 e. The monoisotopic (exact) mass is 267 g/mol. The van der Waals surface area contributed by atoms with Crippen LogP contribution in [0.3, 0.4) is 0 Å². The van der Waals surface area contributed by atoms with E-state index in [4.69, 9.17) is 20.1 Å². The predicted octanol–water partition coefficient (Wildman–Crippen LogP) is 1.69. The smallest absolute Gasteiger partial charge is 0.164 e. The molecule has 1 heterocycles. The van der Waals surface area contributed by atoms with Crippen LogP contribution >= 0.6 is 0 Å². The normalized spacial score (nSPS) is 19.2.